The first-order valence-corrected chi connectivity index (χ1v) is 9.19. The van der Waals surface area contributed by atoms with E-state index in [2.05, 4.69) is 0 Å². The van der Waals surface area contributed by atoms with Gasteiger partial charge in [0.05, 0.1) is 13.2 Å². The van der Waals surface area contributed by atoms with Gasteiger partial charge in [-0.2, -0.15) is 0 Å². The standard InChI is InChI=1S/C20H29NO6/c1-20(2,3)16(13-22)27-19(25)26-12-8-4-7-11-21-17(23)14-9-5-6-10-15(14)18(21)24/h5-6,9-10,16,22-24H,4,7-8,11-13H2,1-3H3. The van der Waals surface area contributed by atoms with E-state index >= 15 is 0 Å². The molecule has 7 heteroatoms. The predicted molar refractivity (Wildman–Crippen MR) is 102 cm³/mol. The van der Waals surface area contributed by atoms with Crippen LogP contribution in [0.15, 0.2) is 24.3 Å². The second kappa shape index (κ2) is 8.99. The van der Waals surface area contributed by atoms with Crippen LogP contribution < -0.4 is 0 Å². The molecule has 0 fully saturated rings. The first kappa shape index (κ1) is 20.9. The Morgan fingerprint density at radius 2 is 1.67 bits per heavy atom. The van der Waals surface area contributed by atoms with Crippen LogP contribution in [-0.4, -0.2) is 45.4 Å². The summed E-state index contributed by atoms with van der Waals surface area (Å²) in [7, 11) is 0. The Labute approximate surface area is 159 Å². The summed E-state index contributed by atoms with van der Waals surface area (Å²) >= 11 is 0. The first-order valence-electron chi connectivity index (χ1n) is 9.19. The highest BCUT2D eigenvalue weighted by atomic mass is 16.7. The fraction of sp³-hybridized carbons (Fsp3) is 0.550. The minimum absolute atomic E-state index is 0.0557. The zero-order valence-corrected chi connectivity index (χ0v) is 16.1. The lowest BCUT2D eigenvalue weighted by molar-refractivity contribution is -0.0410. The maximum absolute atomic E-state index is 11.7. The van der Waals surface area contributed by atoms with E-state index in [4.69, 9.17) is 9.47 Å². The zero-order chi connectivity index (χ0) is 20.0. The molecular formula is C20H29NO6. The van der Waals surface area contributed by atoms with Crippen LogP contribution in [0.3, 0.4) is 0 Å². The normalized spacial score (nSPS) is 12.9. The van der Waals surface area contributed by atoms with Crippen molar-refractivity contribution in [3.8, 4) is 11.8 Å². The van der Waals surface area contributed by atoms with Crippen molar-refractivity contribution in [1.29, 1.82) is 0 Å². The fourth-order valence-electron chi connectivity index (χ4n) is 2.82. The Morgan fingerprint density at radius 3 is 2.19 bits per heavy atom. The zero-order valence-electron chi connectivity index (χ0n) is 16.1. The molecule has 0 saturated carbocycles. The number of carbonyl (C=O) groups excluding carboxylic acids is 1. The molecule has 1 heterocycles. The molecule has 2 aromatic rings. The number of hydrogen-bond acceptors (Lipinski definition) is 6. The van der Waals surface area contributed by atoms with E-state index in [1.165, 1.54) is 4.57 Å². The number of rotatable bonds is 8. The van der Waals surface area contributed by atoms with Crippen molar-refractivity contribution in [3.05, 3.63) is 24.3 Å². The summed E-state index contributed by atoms with van der Waals surface area (Å²) < 4.78 is 11.6. The minimum Gasteiger partial charge on any atom is -0.494 e. The van der Waals surface area contributed by atoms with Crippen LogP contribution in [0.2, 0.25) is 0 Å². The number of unbranched alkanes of at least 4 members (excludes halogenated alkanes) is 2. The molecule has 1 unspecified atom stereocenters. The third-order valence-corrected chi connectivity index (χ3v) is 4.54. The maximum atomic E-state index is 11.7. The predicted octanol–water partition coefficient (Wildman–Crippen LogP) is 3.78. The van der Waals surface area contributed by atoms with Gasteiger partial charge in [-0.1, -0.05) is 32.9 Å². The van der Waals surface area contributed by atoms with Gasteiger partial charge in [-0.3, -0.25) is 4.57 Å². The fourth-order valence-corrected chi connectivity index (χ4v) is 2.82. The second-order valence-corrected chi connectivity index (χ2v) is 7.66. The lowest BCUT2D eigenvalue weighted by Gasteiger charge is -2.27. The highest BCUT2D eigenvalue weighted by Crippen LogP contribution is 2.36. The molecule has 0 aliphatic rings. The molecule has 1 atom stereocenters. The Kier molecular flexibility index (Phi) is 6.96. The molecule has 1 aromatic carbocycles. The van der Waals surface area contributed by atoms with Gasteiger partial charge in [0, 0.05) is 22.7 Å². The molecular weight excluding hydrogens is 350 g/mol. The number of benzene rings is 1. The molecule has 0 saturated heterocycles. The van der Waals surface area contributed by atoms with Gasteiger partial charge in [-0.15, -0.1) is 0 Å². The van der Waals surface area contributed by atoms with Gasteiger partial charge in [0.25, 0.3) is 0 Å². The molecule has 0 amide bonds. The van der Waals surface area contributed by atoms with Gasteiger partial charge in [-0.25, -0.2) is 4.79 Å². The lowest BCUT2D eigenvalue weighted by atomic mass is 9.89. The van der Waals surface area contributed by atoms with Crippen molar-refractivity contribution in [2.24, 2.45) is 5.41 Å². The highest BCUT2D eigenvalue weighted by molar-refractivity contribution is 5.92. The van der Waals surface area contributed by atoms with Gasteiger partial charge >= 0.3 is 6.16 Å². The van der Waals surface area contributed by atoms with Gasteiger partial charge < -0.3 is 24.8 Å². The molecule has 0 bridgehead atoms. The largest absolute Gasteiger partial charge is 0.508 e. The molecule has 0 aliphatic carbocycles. The summed E-state index contributed by atoms with van der Waals surface area (Å²) in [5, 5.41) is 31.0. The topological polar surface area (TPSA) is 101 Å². The van der Waals surface area contributed by atoms with Crippen LogP contribution in [0.25, 0.3) is 10.8 Å². The summed E-state index contributed by atoms with van der Waals surface area (Å²) in [6.45, 7) is 6.04. The van der Waals surface area contributed by atoms with Gasteiger partial charge in [-0.05, 0) is 31.4 Å². The molecule has 150 valence electrons. The molecule has 27 heavy (non-hydrogen) atoms. The summed E-state index contributed by atoms with van der Waals surface area (Å²) in [6, 6.07) is 7.14. The number of hydrogen-bond donors (Lipinski definition) is 3. The van der Waals surface area contributed by atoms with Gasteiger partial charge in [0.15, 0.2) is 0 Å². The first-order chi connectivity index (χ1) is 12.8. The summed E-state index contributed by atoms with van der Waals surface area (Å²) in [4.78, 5) is 11.7. The van der Waals surface area contributed by atoms with E-state index < -0.39 is 12.3 Å². The number of nitrogens with zero attached hydrogens (tertiary/aromatic N) is 1. The van der Waals surface area contributed by atoms with Crippen molar-refractivity contribution in [2.45, 2.75) is 52.7 Å². The number of aliphatic hydroxyl groups is 1. The van der Waals surface area contributed by atoms with Crippen LogP contribution in [-0.2, 0) is 16.0 Å². The molecule has 0 aliphatic heterocycles. The number of carbonyl (C=O) groups is 1. The number of fused-ring (bicyclic) bond motifs is 1. The molecule has 0 radical (unpaired) electrons. The molecule has 3 N–H and O–H groups in total. The van der Waals surface area contributed by atoms with E-state index in [0.717, 1.165) is 6.42 Å². The highest BCUT2D eigenvalue weighted by Gasteiger charge is 2.28. The van der Waals surface area contributed by atoms with E-state index in [1.54, 1.807) is 12.1 Å². The number of aromatic hydroxyl groups is 2. The Balaban J connectivity index is 1.72. The summed E-state index contributed by atoms with van der Waals surface area (Å²) in [5.74, 6) is 0.111. The number of aliphatic hydroxyl groups excluding tert-OH is 1. The van der Waals surface area contributed by atoms with Crippen molar-refractivity contribution in [3.63, 3.8) is 0 Å². The number of ether oxygens (including phenoxy) is 2. The SMILES string of the molecule is CC(C)(C)C(CO)OC(=O)OCCCCCn1c(O)c2ccccc2c1O. The summed E-state index contributed by atoms with van der Waals surface area (Å²) in [5.41, 5.74) is -0.363. The van der Waals surface area contributed by atoms with Crippen LogP contribution in [0.1, 0.15) is 40.0 Å². The molecule has 7 nitrogen and oxygen atoms in total. The molecule has 0 spiro atoms. The lowest BCUT2D eigenvalue weighted by Crippen LogP contribution is -2.35. The Hall–Kier alpha value is -2.41. The monoisotopic (exact) mass is 379 g/mol. The average Bonchev–Trinajstić information content (AvgIpc) is 2.86. The van der Waals surface area contributed by atoms with Crippen molar-refractivity contribution < 1.29 is 29.6 Å². The molecule has 1 aromatic heterocycles. The number of aromatic nitrogens is 1. The maximum Gasteiger partial charge on any atom is 0.508 e. The van der Waals surface area contributed by atoms with Crippen LogP contribution in [0, 0.1) is 5.41 Å². The van der Waals surface area contributed by atoms with E-state index in [1.807, 2.05) is 32.9 Å². The summed E-state index contributed by atoms with van der Waals surface area (Å²) in [6.07, 6.45) is 0.705. The van der Waals surface area contributed by atoms with Crippen molar-refractivity contribution in [2.75, 3.05) is 13.2 Å². The molecule has 2 rings (SSSR count). The smallest absolute Gasteiger partial charge is 0.494 e. The van der Waals surface area contributed by atoms with Gasteiger partial charge in [0.2, 0.25) is 11.8 Å². The Morgan fingerprint density at radius 1 is 1.07 bits per heavy atom. The van der Waals surface area contributed by atoms with E-state index in [-0.39, 0.29) is 30.4 Å². The Bertz CT molecular complexity index is 723. The van der Waals surface area contributed by atoms with Crippen molar-refractivity contribution >= 4 is 16.9 Å². The van der Waals surface area contributed by atoms with Gasteiger partial charge in [0.1, 0.15) is 6.10 Å². The second-order valence-electron chi connectivity index (χ2n) is 7.66. The van der Waals surface area contributed by atoms with Crippen LogP contribution in [0.5, 0.6) is 11.8 Å². The third-order valence-electron chi connectivity index (χ3n) is 4.54. The minimum atomic E-state index is -0.782. The quantitative estimate of drug-likeness (QED) is 0.477. The van der Waals surface area contributed by atoms with Crippen molar-refractivity contribution in [1.82, 2.24) is 4.57 Å². The average molecular weight is 379 g/mol. The third kappa shape index (κ3) is 5.29. The van der Waals surface area contributed by atoms with E-state index in [0.29, 0.717) is 30.2 Å². The van der Waals surface area contributed by atoms with Crippen LogP contribution >= 0.6 is 0 Å². The van der Waals surface area contributed by atoms with E-state index in [9.17, 15) is 20.1 Å². The van der Waals surface area contributed by atoms with Crippen LogP contribution in [0.4, 0.5) is 4.79 Å².